The number of benzene rings is 1. The molecule has 0 fully saturated rings. The first-order valence-electron chi connectivity index (χ1n) is 7.73. The Labute approximate surface area is 128 Å². The molecule has 1 aromatic carbocycles. The highest BCUT2D eigenvalue weighted by molar-refractivity contribution is 5.86. The van der Waals surface area contributed by atoms with Crippen LogP contribution >= 0.6 is 0 Å². The molecule has 0 aromatic heterocycles. The Bertz CT molecular complexity index is 420. The topological polar surface area (TPSA) is 64.3 Å². The third kappa shape index (κ3) is 5.14. The summed E-state index contributed by atoms with van der Waals surface area (Å²) in [7, 11) is 0. The van der Waals surface area contributed by atoms with Crippen molar-refractivity contribution in [2.75, 3.05) is 13.2 Å². The van der Waals surface area contributed by atoms with Crippen LogP contribution in [0.1, 0.15) is 45.6 Å². The van der Waals surface area contributed by atoms with Crippen LogP contribution in [0.25, 0.3) is 0 Å². The minimum Gasteiger partial charge on any atom is -0.381 e. The summed E-state index contributed by atoms with van der Waals surface area (Å²) in [5, 5.41) is 3.35. The van der Waals surface area contributed by atoms with Gasteiger partial charge in [0.25, 0.3) is 0 Å². The summed E-state index contributed by atoms with van der Waals surface area (Å²) in [5.41, 5.74) is 5.76. The summed E-state index contributed by atoms with van der Waals surface area (Å²) in [6.45, 7) is 7.39. The molecule has 1 unspecified atom stereocenters. The number of nitrogens with two attached hydrogens (primary N) is 1. The summed E-state index contributed by atoms with van der Waals surface area (Å²) >= 11 is 0. The molecule has 0 radical (unpaired) electrons. The van der Waals surface area contributed by atoms with Crippen molar-refractivity contribution >= 4 is 5.91 Å². The first-order chi connectivity index (χ1) is 10.0. The molecule has 3 N–H and O–H groups in total. The number of carbonyl (C=O) groups excluding carboxylic acids is 1. The van der Waals surface area contributed by atoms with Gasteiger partial charge in [-0.3, -0.25) is 10.1 Å². The molecule has 0 spiro atoms. The molecule has 0 aliphatic rings. The number of nitrogens with one attached hydrogen (secondary N) is 1. The standard InChI is InChI=1S/C17H28N2O2/c1-4-5-12-21-13-11-17(16(18)20,19-14(2)3)15-9-7-6-8-10-15/h6-10,14,19H,4-5,11-13H2,1-3H3,(H2,18,20). The maximum atomic E-state index is 12.2. The van der Waals surface area contributed by atoms with Gasteiger partial charge in [0.15, 0.2) is 0 Å². The van der Waals surface area contributed by atoms with Crippen LogP contribution in [0.3, 0.4) is 0 Å². The molecule has 21 heavy (non-hydrogen) atoms. The number of rotatable bonds is 10. The van der Waals surface area contributed by atoms with Crippen molar-refractivity contribution in [2.24, 2.45) is 5.73 Å². The molecule has 1 rings (SSSR count). The predicted molar refractivity (Wildman–Crippen MR) is 85.9 cm³/mol. The summed E-state index contributed by atoms with van der Waals surface area (Å²) in [5.74, 6) is -0.360. The summed E-state index contributed by atoms with van der Waals surface area (Å²) in [4.78, 5) is 12.2. The number of carbonyl (C=O) groups is 1. The van der Waals surface area contributed by atoms with Gasteiger partial charge in [0.05, 0.1) is 0 Å². The Hall–Kier alpha value is -1.39. The Morgan fingerprint density at radius 3 is 2.48 bits per heavy atom. The smallest absolute Gasteiger partial charge is 0.242 e. The minimum absolute atomic E-state index is 0.147. The second-order valence-electron chi connectivity index (χ2n) is 5.65. The number of hydrogen-bond donors (Lipinski definition) is 2. The van der Waals surface area contributed by atoms with Gasteiger partial charge in [-0.05, 0) is 25.8 Å². The third-order valence-electron chi connectivity index (χ3n) is 3.49. The molecule has 1 aromatic rings. The highest BCUT2D eigenvalue weighted by atomic mass is 16.5. The average molecular weight is 292 g/mol. The maximum absolute atomic E-state index is 12.2. The molecule has 118 valence electrons. The van der Waals surface area contributed by atoms with E-state index in [2.05, 4.69) is 12.2 Å². The van der Waals surface area contributed by atoms with Crippen molar-refractivity contribution in [3.05, 3.63) is 35.9 Å². The highest BCUT2D eigenvalue weighted by Crippen LogP contribution is 2.26. The SMILES string of the molecule is CCCCOCCC(NC(C)C)(C(N)=O)c1ccccc1. The van der Waals surface area contributed by atoms with E-state index in [9.17, 15) is 4.79 Å². The quantitative estimate of drug-likeness (QED) is 0.651. The fourth-order valence-corrected chi connectivity index (χ4v) is 2.43. The monoisotopic (exact) mass is 292 g/mol. The van der Waals surface area contributed by atoms with Crippen LogP contribution < -0.4 is 11.1 Å². The molecule has 1 atom stereocenters. The zero-order valence-corrected chi connectivity index (χ0v) is 13.4. The average Bonchev–Trinajstić information content (AvgIpc) is 2.46. The Morgan fingerprint density at radius 2 is 1.95 bits per heavy atom. The second kappa shape index (κ2) is 8.80. The van der Waals surface area contributed by atoms with E-state index < -0.39 is 5.54 Å². The third-order valence-corrected chi connectivity index (χ3v) is 3.49. The lowest BCUT2D eigenvalue weighted by molar-refractivity contribution is -0.126. The van der Waals surface area contributed by atoms with Crippen molar-refractivity contribution in [3.63, 3.8) is 0 Å². The molecule has 0 saturated heterocycles. The van der Waals surface area contributed by atoms with E-state index in [-0.39, 0.29) is 11.9 Å². The Balaban J connectivity index is 2.89. The number of amides is 1. The van der Waals surface area contributed by atoms with Crippen LogP contribution in [0.2, 0.25) is 0 Å². The van der Waals surface area contributed by atoms with Gasteiger partial charge in [-0.1, -0.05) is 43.7 Å². The molecule has 0 heterocycles. The van der Waals surface area contributed by atoms with Crippen molar-refractivity contribution in [2.45, 2.75) is 51.6 Å². The van der Waals surface area contributed by atoms with Gasteiger partial charge in [-0.15, -0.1) is 0 Å². The number of ether oxygens (including phenoxy) is 1. The molecule has 1 amide bonds. The zero-order chi connectivity index (χ0) is 15.7. The maximum Gasteiger partial charge on any atom is 0.242 e. The van der Waals surface area contributed by atoms with E-state index in [0.717, 1.165) is 25.0 Å². The largest absolute Gasteiger partial charge is 0.381 e. The molecular formula is C17H28N2O2. The molecule has 4 heteroatoms. The second-order valence-corrected chi connectivity index (χ2v) is 5.65. The highest BCUT2D eigenvalue weighted by Gasteiger charge is 2.38. The van der Waals surface area contributed by atoms with E-state index in [1.54, 1.807) is 0 Å². The van der Waals surface area contributed by atoms with Crippen LogP contribution in [-0.2, 0) is 15.1 Å². The molecule has 0 bridgehead atoms. The lowest BCUT2D eigenvalue weighted by atomic mass is 9.85. The van der Waals surface area contributed by atoms with E-state index in [4.69, 9.17) is 10.5 Å². The Kier molecular flexibility index (Phi) is 7.40. The van der Waals surface area contributed by atoms with Gasteiger partial charge in [-0.25, -0.2) is 0 Å². The zero-order valence-electron chi connectivity index (χ0n) is 13.4. The van der Waals surface area contributed by atoms with E-state index in [0.29, 0.717) is 13.0 Å². The fraction of sp³-hybridized carbons (Fsp3) is 0.588. The molecule has 0 aliphatic heterocycles. The van der Waals surface area contributed by atoms with Crippen molar-refractivity contribution in [1.29, 1.82) is 0 Å². The van der Waals surface area contributed by atoms with Crippen molar-refractivity contribution in [3.8, 4) is 0 Å². The molecule has 4 nitrogen and oxygen atoms in total. The fourth-order valence-electron chi connectivity index (χ4n) is 2.43. The molecular weight excluding hydrogens is 264 g/mol. The molecule has 0 aliphatic carbocycles. The van der Waals surface area contributed by atoms with Crippen LogP contribution in [0.5, 0.6) is 0 Å². The van der Waals surface area contributed by atoms with Gasteiger partial charge in [0, 0.05) is 25.7 Å². The van der Waals surface area contributed by atoms with Gasteiger partial charge >= 0.3 is 0 Å². The van der Waals surface area contributed by atoms with E-state index in [1.165, 1.54) is 0 Å². The van der Waals surface area contributed by atoms with E-state index in [1.807, 2.05) is 44.2 Å². The first kappa shape index (κ1) is 17.7. The Morgan fingerprint density at radius 1 is 1.29 bits per heavy atom. The van der Waals surface area contributed by atoms with Crippen LogP contribution in [0, 0.1) is 0 Å². The normalized spacial score (nSPS) is 14.1. The van der Waals surface area contributed by atoms with Crippen molar-refractivity contribution in [1.82, 2.24) is 5.32 Å². The van der Waals surface area contributed by atoms with Crippen LogP contribution in [0.15, 0.2) is 30.3 Å². The summed E-state index contributed by atoms with van der Waals surface area (Å²) < 4.78 is 5.64. The minimum atomic E-state index is -0.873. The lowest BCUT2D eigenvalue weighted by Crippen LogP contribution is -2.55. The van der Waals surface area contributed by atoms with Gasteiger partial charge < -0.3 is 10.5 Å². The molecule has 0 saturated carbocycles. The summed E-state index contributed by atoms with van der Waals surface area (Å²) in [6.07, 6.45) is 2.67. The number of unbranched alkanes of at least 4 members (excludes halogenated alkanes) is 1. The van der Waals surface area contributed by atoms with Gasteiger partial charge in [-0.2, -0.15) is 0 Å². The number of primary amides is 1. The van der Waals surface area contributed by atoms with Gasteiger partial charge in [0.2, 0.25) is 5.91 Å². The van der Waals surface area contributed by atoms with Crippen molar-refractivity contribution < 1.29 is 9.53 Å². The van der Waals surface area contributed by atoms with Crippen LogP contribution in [0.4, 0.5) is 0 Å². The first-order valence-corrected chi connectivity index (χ1v) is 7.73. The summed E-state index contributed by atoms with van der Waals surface area (Å²) in [6, 6.07) is 9.80. The van der Waals surface area contributed by atoms with Crippen LogP contribution in [-0.4, -0.2) is 25.2 Å². The van der Waals surface area contributed by atoms with E-state index >= 15 is 0 Å². The number of hydrogen-bond acceptors (Lipinski definition) is 3. The predicted octanol–water partition coefficient (Wildman–Crippen LogP) is 2.57. The van der Waals surface area contributed by atoms with Gasteiger partial charge in [0.1, 0.15) is 5.54 Å². The lowest BCUT2D eigenvalue weighted by Gasteiger charge is -2.34.